The van der Waals surface area contributed by atoms with Crippen LogP contribution >= 0.6 is 11.6 Å². The summed E-state index contributed by atoms with van der Waals surface area (Å²) in [5.41, 5.74) is 0. The highest BCUT2D eigenvalue weighted by atomic mass is 35.5. The summed E-state index contributed by atoms with van der Waals surface area (Å²) in [5, 5.41) is 2.78. The van der Waals surface area contributed by atoms with E-state index in [4.69, 9.17) is 11.6 Å². The molecule has 0 aromatic rings. The van der Waals surface area contributed by atoms with E-state index in [1.807, 2.05) is 0 Å². The molecule has 0 N–H and O–H groups in total. The van der Waals surface area contributed by atoms with Gasteiger partial charge in [-0.2, -0.15) is 0 Å². The van der Waals surface area contributed by atoms with Crippen molar-refractivity contribution in [3.05, 3.63) is 0 Å². The summed E-state index contributed by atoms with van der Waals surface area (Å²) in [4.78, 5) is 14.5. The van der Waals surface area contributed by atoms with E-state index in [9.17, 15) is 4.79 Å². The van der Waals surface area contributed by atoms with Crippen molar-refractivity contribution in [1.29, 1.82) is 0 Å². The van der Waals surface area contributed by atoms with Crippen molar-refractivity contribution in [3.8, 4) is 0 Å². The standard InChI is InChI=1S/C4H6ClNO3/c1-8-4(7)3(5)6-9-2/h1-2H3/b6-3-. The first-order valence-electron chi connectivity index (χ1n) is 2.07. The normalized spacial score (nSPS) is 10.8. The summed E-state index contributed by atoms with van der Waals surface area (Å²) < 4.78 is 4.18. The van der Waals surface area contributed by atoms with Gasteiger partial charge in [0.1, 0.15) is 7.11 Å². The van der Waals surface area contributed by atoms with E-state index >= 15 is 0 Å². The van der Waals surface area contributed by atoms with E-state index in [1.165, 1.54) is 14.2 Å². The quantitative estimate of drug-likeness (QED) is 0.325. The topological polar surface area (TPSA) is 47.9 Å². The van der Waals surface area contributed by atoms with Crippen LogP contribution in [0.5, 0.6) is 0 Å². The largest absolute Gasteiger partial charge is 0.464 e. The number of rotatable bonds is 2. The molecule has 0 aliphatic heterocycles. The van der Waals surface area contributed by atoms with Crippen LogP contribution in [0.4, 0.5) is 0 Å². The van der Waals surface area contributed by atoms with E-state index in [0.29, 0.717) is 0 Å². The first-order chi connectivity index (χ1) is 4.22. The van der Waals surface area contributed by atoms with Crippen molar-refractivity contribution in [2.24, 2.45) is 5.16 Å². The lowest BCUT2D eigenvalue weighted by Crippen LogP contribution is -2.09. The molecule has 0 radical (unpaired) electrons. The van der Waals surface area contributed by atoms with Crippen molar-refractivity contribution in [2.45, 2.75) is 0 Å². The molecule has 0 atom stereocenters. The van der Waals surface area contributed by atoms with Crippen molar-refractivity contribution in [3.63, 3.8) is 0 Å². The number of oxime groups is 1. The van der Waals surface area contributed by atoms with Gasteiger partial charge in [-0.1, -0.05) is 16.8 Å². The molecule has 0 rings (SSSR count). The van der Waals surface area contributed by atoms with Gasteiger partial charge in [-0.3, -0.25) is 0 Å². The molecule has 0 amide bonds. The zero-order chi connectivity index (χ0) is 7.28. The average Bonchev–Trinajstić information content (AvgIpc) is 1.87. The Labute approximate surface area is 57.4 Å². The minimum absolute atomic E-state index is 0.319. The monoisotopic (exact) mass is 151 g/mol. The molecule has 5 heteroatoms. The van der Waals surface area contributed by atoms with Crippen LogP contribution in [0.15, 0.2) is 5.16 Å². The Morgan fingerprint density at radius 1 is 1.56 bits per heavy atom. The lowest BCUT2D eigenvalue weighted by atomic mass is 10.7. The molecule has 0 unspecified atom stereocenters. The zero-order valence-electron chi connectivity index (χ0n) is 5.05. The van der Waals surface area contributed by atoms with Crippen LogP contribution in [0.3, 0.4) is 0 Å². The maximum absolute atomic E-state index is 10.3. The van der Waals surface area contributed by atoms with Crippen molar-refractivity contribution < 1.29 is 14.4 Å². The lowest BCUT2D eigenvalue weighted by Gasteiger charge is -1.92. The van der Waals surface area contributed by atoms with Crippen molar-refractivity contribution in [1.82, 2.24) is 0 Å². The average molecular weight is 152 g/mol. The molecule has 52 valence electrons. The van der Waals surface area contributed by atoms with Crippen LogP contribution in [-0.2, 0) is 14.4 Å². The molecule has 4 nitrogen and oxygen atoms in total. The number of ether oxygens (including phenoxy) is 1. The predicted molar refractivity (Wildman–Crippen MR) is 32.3 cm³/mol. The van der Waals surface area contributed by atoms with Crippen LogP contribution < -0.4 is 0 Å². The predicted octanol–water partition coefficient (Wildman–Crippen LogP) is 0.358. The van der Waals surface area contributed by atoms with E-state index in [2.05, 4.69) is 14.7 Å². The number of methoxy groups -OCH3 is 1. The number of hydrogen-bond donors (Lipinski definition) is 0. The fourth-order valence-electron chi connectivity index (χ4n) is 0.202. The maximum atomic E-state index is 10.3. The fourth-order valence-corrected chi connectivity index (χ4v) is 0.348. The molecular formula is C4H6ClNO3. The highest BCUT2D eigenvalue weighted by Gasteiger charge is 2.06. The van der Waals surface area contributed by atoms with Crippen molar-refractivity contribution in [2.75, 3.05) is 14.2 Å². The molecule has 0 heterocycles. The minimum atomic E-state index is -0.710. The van der Waals surface area contributed by atoms with Crippen LogP contribution in [-0.4, -0.2) is 25.4 Å². The van der Waals surface area contributed by atoms with E-state index < -0.39 is 5.97 Å². The summed E-state index contributed by atoms with van der Waals surface area (Å²) in [6, 6.07) is 0. The minimum Gasteiger partial charge on any atom is -0.464 e. The second-order valence-corrected chi connectivity index (χ2v) is 1.41. The summed E-state index contributed by atoms with van der Waals surface area (Å²) in [5.74, 6) is -0.710. The van der Waals surface area contributed by atoms with Gasteiger partial charge in [-0.25, -0.2) is 4.79 Å². The van der Waals surface area contributed by atoms with Gasteiger partial charge in [-0.05, 0) is 0 Å². The highest BCUT2D eigenvalue weighted by Crippen LogP contribution is 1.88. The Morgan fingerprint density at radius 2 is 2.11 bits per heavy atom. The third-order valence-electron chi connectivity index (χ3n) is 0.525. The fraction of sp³-hybridized carbons (Fsp3) is 0.500. The number of hydrogen-bond acceptors (Lipinski definition) is 4. The molecule has 0 saturated heterocycles. The van der Waals surface area contributed by atoms with Crippen LogP contribution in [0.1, 0.15) is 0 Å². The van der Waals surface area contributed by atoms with Gasteiger partial charge in [0.15, 0.2) is 0 Å². The molecule has 0 aliphatic carbocycles. The van der Waals surface area contributed by atoms with Crippen LogP contribution in [0.25, 0.3) is 0 Å². The highest BCUT2D eigenvalue weighted by molar-refractivity contribution is 6.81. The Kier molecular flexibility index (Phi) is 3.79. The van der Waals surface area contributed by atoms with Gasteiger partial charge >= 0.3 is 5.97 Å². The second kappa shape index (κ2) is 4.14. The maximum Gasteiger partial charge on any atom is 0.372 e. The number of carbonyl (C=O) groups is 1. The number of halogens is 1. The number of esters is 1. The smallest absolute Gasteiger partial charge is 0.372 e. The molecule has 0 spiro atoms. The second-order valence-electron chi connectivity index (χ2n) is 1.06. The third-order valence-corrected chi connectivity index (χ3v) is 0.749. The summed E-state index contributed by atoms with van der Waals surface area (Å²) in [6.45, 7) is 0. The zero-order valence-corrected chi connectivity index (χ0v) is 5.81. The van der Waals surface area contributed by atoms with Gasteiger partial charge < -0.3 is 9.57 Å². The van der Waals surface area contributed by atoms with Crippen LogP contribution in [0, 0.1) is 0 Å². The summed E-state index contributed by atoms with van der Waals surface area (Å²) in [6.07, 6.45) is 0. The van der Waals surface area contributed by atoms with Crippen molar-refractivity contribution >= 4 is 22.7 Å². The SMILES string of the molecule is CO/N=C(\Cl)C(=O)OC. The molecule has 9 heavy (non-hydrogen) atoms. The Hall–Kier alpha value is -0.770. The number of carbonyl (C=O) groups excluding carboxylic acids is 1. The van der Waals surface area contributed by atoms with Gasteiger partial charge in [0.25, 0.3) is 5.17 Å². The third kappa shape index (κ3) is 2.92. The van der Waals surface area contributed by atoms with E-state index in [1.54, 1.807) is 0 Å². The molecule has 0 aliphatic rings. The Bertz CT molecular complexity index is 134. The molecular weight excluding hydrogens is 146 g/mol. The molecule has 0 saturated carbocycles. The molecule has 0 aromatic heterocycles. The van der Waals surface area contributed by atoms with Gasteiger partial charge in [0.05, 0.1) is 7.11 Å². The number of nitrogens with zero attached hydrogens (tertiary/aromatic N) is 1. The molecule has 0 aromatic carbocycles. The first-order valence-corrected chi connectivity index (χ1v) is 2.45. The van der Waals surface area contributed by atoms with Crippen LogP contribution in [0.2, 0.25) is 0 Å². The summed E-state index contributed by atoms with van der Waals surface area (Å²) >= 11 is 5.18. The molecule has 0 bridgehead atoms. The van der Waals surface area contributed by atoms with E-state index in [-0.39, 0.29) is 5.17 Å². The van der Waals surface area contributed by atoms with Gasteiger partial charge in [0, 0.05) is 0 Å². The summed E-state index contributed by atoms with van der Waals surface area (Å²) in [7, 11) is 2.49. The van der Waals surface area contributed by atoms with Gasteiger partial charge in [-0.15, -0.1) is 0 Å². The van der Waals surface area contributed by atoms with E-state index in [0.717, 1.165) is 0 Å². The Balaban J connectivity index is 3.86. The van der Waals surface area contributed by atoms with Gasteiger partial charge in [0.2, 0.25) is 0 Å². The Morgan fingerprint density at radius 3 is 2.44 bits per heavy atom. The molecule has 0 fully saturated rings. The lowest BCUT2D eigenvalue weighted by molar-refractivity contribution is -0.132. The first kappa shape index (κ1) is 8.23.